The minimum absolute atomic E-state index is 0.140. The number of amides is 1. The maximum Gasteiger partial charge on any atom is 0.255 e. The summed E-state index contributed by atoms with van der Waals surface area (Å²) in [5.74, 6) is 0.571. The number of rotatable bonds is 5. The molecule has 0 saturated carbocycles. The van der Waals surface area contributed by atoms with Crippen LogP contribution in [0.4, 0.5) is 5.69 Å². The quantitative estimate of drug-likeness (QED) is 0.877. The van der Waals surface area contributed by atoms with Gasteiger partial charge in [0.1, 0.15) is 12.4 Å². The van der Waals surface area contributed by atoms with E-state index in [2.05, 4.69) is 5.32 Å². The second-order valence-electron chi connectivity index (χ2n) is 4.48. The van der Waals surface area contributed by atoms with Crippen molar-refractivity contribution in [2.75, 3.05) is 18.5 Å². The Morgan fingerprint density at radius 3 is 2.35 bits per heavy atom. The summed E-state index contributed by atoms with van der Waals surface area (Å²) in [5, 5.41) is 2.85. The molecule has 0 aliphatic heterocycles. The Morgan fingerprint density at radius 2 is 1.75 bits per heavy atom. The molecule has 20 heavy (non-hydrogen) atoms. The molecule has 0 fully saturated rings. The summed E-state index contributed by atoms with van der Waals surface area (Å²) < 4.78 is 5.36. The highest BCUT2D eigenvalue weighted by Gasteiger charge is 2.06. The van der Waals surface area contributed by atoms with Gasteiger partial charge in [-0.3, -0.25) is 4.79 Å². The minimum atomic E-state index is -0.140. The largest absolute Gasteiger partial charge is 0.492 e. The van der Waals surface area contributed by atoms with Crippen molar-refractivity contribution in [2.24, 2.45) is 5.73 Å². The zero-order valence-electron chi connectivity index (χ0n) is 11.4. The molecule has 0 spiro atoms. The van der Waals surface area contributed by atoms with Gasteiger partial charge in [0.25, 0.3) is 5.91 Å². The number of nitrogens with two attached hydrogens (primary N) is 1. The van der Waals surface area contributed by atoms with Gasteiger partial charge in [0, 0.05) is 17.8 Å². The number of hydrogen-bond acceptors (Lipinski definition) is 3. The molecule has 0 atom stereocenters. The van der Waals surface area contributed by atoms with Gasteiger partial charge < -0.3 is 15.8 Å². The molecule has 0 aromatic heterocycles. The summed E-state index contributed by atoms with van der Waals surface area (Å²) in [6.07, 6.45) is 0. The van der Waals surface area contributed by atoms with Crippen LogP contribution in [0.3, 0.4) is 0 Å². The Morgan fingerprint density at radius 1 is 1.10 bits per heavy atom. The summed E-state index contributed by atoms with van der Waals surface area (Å²) in [4.78, 5) is 12.1. The Bertz CT molecular complexity index is 562. The molecule has 4 heteroatoms. The van der Waals surface area contributed by atoms with Gasteiger partial charge in [0.2, 0.25) is 0 Å². The van der Waals surface area contributed by atoms with Crippen molar-refractivity contribution in [3.63, 3.8) is 0 Å². The molecule has 2 aromatic rings. The first kappa shape index (κ1) is 14.1. The lowest BCUT2D eigenvalue weighted by atomic mass is 10.2. The fourth-order valence-electron chi connectivity index (χ4n) is 1.72. The lowest BCUT2D eigenvalue weighted by Crippen LogP contribution is -2.12. The van der Waals surface area contributed by atoms with E-state index in [0.29, 0.717) is 24.5 Å². The molecule has 0 radical (unpaired) electrons. The van der Waals surface area contributed by atoms with Crippen molar-refractivity contribution in [3.8, 4) is 5.75 Å². The molecule has 2 rings (SSSR count). The van der Waals surface area contributed by atoms with Crippen LogP contribution in [-0.2, 0) is 0 Å². The lowest BCUT2D eigenvalue weighted by molar-refractivity contribution is 0.102. The van der Waals surface area contributed by atoms with Gasteiger partial charge >= 0.3 is 0 Å². The third kappa shape index (κ3) is 3.83. The van der Waals surface area contributed by atoms with E-state index < -0.39 is 0 Å². The average Bonchev–Trinajstić information content (AvgIpc) is 2.48. The van der Waals surface area contributed by atoms with E-state index in [9.17, 15) is 4.79 Å². The maximum absolute atomic E-state index is 12.1. The van der Waals surface area contributed by atoms with Gasteiger partial charge in [-0.2, -0.15) is 0 Å². The number of anilines is 1. The maximum atomic E-state index is 12.1. The number of benzene rings is 2. The third-order valence-corrected chi connectivity index (χ3v) is 2.81. The third-order valence-electron chi connectivity index (χ3n) is 2.81. The number of carbonyl (C=O) groups is 1. The number of aryl methyl sites for hydroxylation is 1. The molecule has 2 aromatic carbocycles. The van der Waals surface area contributed by atoms with E-state index in [1.54, 1.807) is 24.3 Å². The van der Waals surface area contributed by atoms with Crippen LogP contribution in [-0.4, -0.2) is 19.1 Å². The number of ether oxygens (including phenoxy) is 1. The SMILES string of the molecule is Cc1ccc(NC(=O)c2ccc(OCCN)cc2)cc1. The van der Waals surface area contributed by atoms with Gasteiger partial charge in [-0.05, 0) is 43.3 Å². The van der Waals surface area contributed by atoms with Crippen LogP contribution < -0.4 is 15.8 Å². The van der Waals surface area contributed by atoms with Gasteiger partial charge in [0.15, 0.2) is 0 Å². The first-order valence-corrected chi connectivity index (χ1v) is 6.50. The number of carbonyl (C=O) groups excluding carboxylic acids is 1. The first-order valence-electron chi connectivity index (χ1n) is 6.50. The van der Waals surface area contributed by atoms with Crippen molar-refractivity contribution in [2.45, 2.75) is 6.92 Å². The van der Waals surface area contributed by atoms with Crippen LogP contribution in [0.1, 0.15) is 15.9 Å². The van der Waals surface area contributed by atoms with Gasteiger partial charge in [-0.15, -0.1) is 0 Å². The second-order valence-corrected chi connectivity index (χ2v) is 4.48. The normalized spacial score (nSPS) is 10.1. The molecule has 0 aliphatic rings. The molecule has 104 valence electrons. The smallest absolute Gasteiger partial charge is 0.255 e. The Labute approximate surface area is 118 Å². The molecular weight excluding hydrogens is 252 g/mol. The summed E-state index contributed by atoms with van der Waals surface area (Å²) in [7, 11) is 0. The van der Waals surface area contributed by atoms with Crippen molar-refractivity contribution in [1.82, 2.24) is 0 Å². The Kier molecular flexibility index (Phi) is 4.74. The number of hydrogen-bond donors (Lipinski definition) is 2. The number of nitrogens with one attached hydrogen (secondary N) is 1. The van der Waals surface area contributed by atoms with Gasteiger partial charge in [-0.25, -0.2) is 0 Å². The molecule has 3 N–H and O–H groups in total. The standard InChI is InChI=1S/C16H18N2O2/c1-12-2-6-14(7-3-12)18-16(19)13-4-8-15(9-5-13)20-11-10-17/h2-9H,10-11,17H2,1H3,(H,18,19). The first-order chi connectivity index (χ1) is 9.69. The van der Waals surface area contributed by atoms with E-state index in [-0.39, 0.29) is 5.91 Å². The Balaban J connectivity index is 2.00. The predicted octanol–water partition coefficient (Wildman–Crippen LogP) is 2.58. The van der Waals surface area contributed by atoms with E-state index in [4.69, 9.17) is 10.5 Å². The highest BCUT2D eigenvalue weighted by Crippen LogP contribution is 2.14. The zero-order chi connectivity index (χ0) is 14.4. The molecular formula is C16H18N2O2. The Hall–Kier alpha value is -2.33. The van der Waals surface area contributed by atoms with Gasteiger partial charge in [0.05, 0.1) is 0 Å². The monoisotopic (exact) mass is 270 g/mol. The van der Waals surface area contributed by atoms with Crippen molar-refractivity contribution in [3.05, 3.63) is 59.7 Å². The molecule has 4 nitrogen and oxygen atoms in total. The minimum Gasteiger partial charge on any atom is -0.492 e. The average molecular weight is 270 g/mol. The second kappa shape index (κ2) is 6.73. The molecule has 1 amide bonds. The van der Waals surface area contributed by atoms with Crippen LogP contribution in [0.5, 0.6) is 5.75 Å². The van der Waals surface area contributed by atoms with Crippen LogP contribution in [0.25, 0.3) is 0 Å². The predicted molar refractivity (Wildman–Crippen MR) is 80.1 cm³/mol. The zero-order valence-corrected chi connectivity index (χ0v) is 11.4. The van der Waals surface area contributed by atoms with E-state index in [0.717, 1.165) is 11.3 Å². The van der Waals surface area contributed by atoms with Crippen LogP contribution in [0, 0.1) is 6.92 Å². The summed E-state index contributed by atoms with van der Waals surface area (Å²) in [6.45, 7) is 2.94. The molecule has 0 bridgehead atoms. The van der Waals surface area contributed by atoms with Crippen LogP contribution in [0.2, 0.25) is 0 Å². The summed E-state index contributed by atoms with van der Waals surface area (Å²) in [5.41, 5.74) is 7.89. The van der Waals surface area contributed by atoms with E-state index >= 15 is 0 Å². The topological polar surface area (TPSA) is 64.3 Å². The van der Waals surface area contributed by atoms with Crippen molar-refractivity contribution >= 4 is 11.6 Å². The molecule has 0 aliphatic carbocycles. The fourth-order valence-corrected chi connectivity index (χ4v) is 1.72. The van der Waals surface area contributed by atoms with E-state index in [1.165, 1.54) is 0 Å². The summed E-state index contributed by atoms with van der Waals surface area (Å²) in [6, 6.07) is 14.7. The highest BCUT2D eigenvalue weighted by atomic mass is 16.5. The van der Waals surface area contributed by atoms with Crippen LogP contribution in [0.15, 0.2) is 48.5 Å². The van der Waals surface area contributed by atoms with Crippen LogP contribution >= 0.6 is 0 Å². The van der Waals surface area contributed by atoms with Crippen molar-refractivity contribution in [1.29, 1.82) is 0 Å². The van der Waals surface area contributed by atoms with Gasteiger partial charge in [-0.1, -0.05) is 17.7 Å². The lowest BCUT2D eigenvalue weighted by Gasteiger charge is -2.07. The summed E-state index contributed by atoms with van der Waals surface area (Å²) >= 11 is 0. The fraction of sp³-hybridized carbons (Fsp3) is 0.188. The molecule has 0 heterocycles. The molecule has 0 saturated heterocycles. The highest BCUT2D eigenvalue weighted by molar-refractivity contribution is 6.04. The van der Waals surface area contributed by atoms with Crippen molar-refractivity contribution < 1.29 is 9.53 Å². The van der Waals surface area contributed by atoms with E-state index in [1.807, 2.05) is 31.2 Å². The molecule has 0 unspecified atom stereocenters.